The molecule has 1 amide bonds. The molecule has 9 nitrogen and oxygen atoms in total. The molecule has 1 aliphatic rings. The van der Waals surface area contributed by atoms with E-state index in [1.54, 1.807) is 7.11 Å². The van der Waals surface area contributed by atoms with Crippen molar-refractivity contribution in [1.82, 2.24) is 15.2 Å². The number of nitriles is 1. The second kappa shape index (κ2) is 10.5. The third-order valence-corrected chi connectivity index (χ3v) is 7.20. The lowest BCUT2D eigenvalue weighted by atomic mass is 9.96. The number of carbonyl (C=O) groups is 1. The smallest absolute Gasteiger partial charge is 0.240 e. The highest BCUT2D eigenvalue weighted by atomic mass is 32.2. The molecule has 0 unspecified atom stereocenters. The third-order valence-electron chi connectivity index (χ3n) is 5.15. The normalized spacial score (nSPS) is 13.2. The molecule has 0 spiro atoms. The summed E-state index contributed by atoms with van der Waals surface area (Å²) in [5, 5.41) is 24.7. The van der Waals surface area contributed by atoms with E-state index in [0.29, 0.717) is 21.7 Å². The molecular weight excluding hydrogens is 458 g/mol. The van der Waals surface area contributed by atoms with Gasteiger partial charge in [0.15, 0.2) is 0 Å². The highest BCUT2D eigenvalue weighted by Crippen LogP contribution is 2.37. The average molecular weight is 482 g/mol. The van der Waals surface area contributed by atoms with Gasteiger partial charge < -0.3 is 10.1 Å². The number of aromatic nitrogens is 3. The van der Waals surface area contributed by atoms with E-state index in [4.69, 9.17) is 4.74 Å². The lowest BCUT2D eigenvalue weighted by molar-refractivity contribution is -0.113. The molecule has 2 heterocycles. The largest absolute Gasteiger partial charge is 0.497 e. The summed E-state index contributed by atoms with van der Waals surface area (Å²) in [6.07, 6.45) is 4.11. The topological polar surface area (TPSA) is 128 Å². The first-order chi connectivity index (χ1) is 16.1. The summed E-state index contributed by atoms with van der Waals surface area (Å²) in [5.41, 5.74) is 6.23. The highest BCUT2D eigenvalue weighted by molar-refractivity contribution is 7.99. The molecule has 11 heteroatoms. The SMILES string of the molecule is COc1cccc(/C(C)=N\Nc2nc(SCC(=O)Nc3sc4c(c3C#N)CCCC4)n[nH]2)c1. The molecular formula is C22H23N7O2S2. The zero-order valence-electron chi connectivity index (χ0n) is 18.3. The predicted molar refractivity (Wildman–Crippen MR) is 130 cm³/mol. The molecule has 1 aliphatic carbocycles. The number of aryl methyl sites for hydroxylation is 1. The van der Waals surface area contributed by atoms with E-state index in [1.807, 2.05) is 31.2 Å². The number of nitrogens with one attached hydrogen (secondary N) is 3. The Kier molecular flexibility index (Phi) is 7.26. The highest BCUT2D eigenvalue weighted by Gasteiger charge is 2.22. The summed E-state index contributed by atoms with van der Waals surface area (Å²) in [4.78, 5) is 18.0. The number of methoxy groups -OCH3 is 1. The molecule has 0 saturated carbocycles. The van der Waals surface area contributed by atoms with Crippen LogP contribution in [0, 0.1) is 11.3 Å². The van der Waals surface area contributed by atoms with Gasteiger partial charge in [0.25, 0.3) is 0 Å². The zero-order chi connectivity index (χ0) is 23.2. The van der Waals surface area contributed by atoms with Gasteiger partial charge in [-0.2, -0.15) is 15.3 Å². The Morgan fingerprint density at radius 3 is 3.06 bits per heavy atom. The minimum Gasteiger partial charge on any atom is -0.497 e. The lowest BCUT2D eigenvalue weighted by Crippen LogP contribution is -2.14. The second-order valence-corrected chi connectivity index (χ2v) is 9.42. The molecule has 1 aromatic carbocycles. The van der Waals surface area contributed by atoms with Gasteiger partial charge in [0.1, 0.15) is 16.8 Å². The first-order valence-electron chi connectivity index (χ1n) is 10.4. The van der Waals surface area contributed by atoms with Gasteiger partial charge in [-0.3, -0.25) is 4.79 Å². The van der Waals surface area contributed by atoms with Crippen molar-refractivity contribution < 1.29 is 9.53 Å². The Labute approximate surface area is 199 Å². The van der Waals surface area contributed by atoms with Crippen LogP contribution in [0.2, 0.25) is 0 Å². The number of hydrogen-bond donors (Lipinski definition) is 3. The van der Waals surface area contributed by atoms with Gasteiger partial charge in [-0.05, 0) is 50.3 Å². The maximum Gasteiger partial charge on any atom is 0.240 e. The lowest BCUT2D eigenvalue weighted by Gasteiger charge is -2.09. The van der Waals surface area contributed by atoms with Gasteiger partial charge in [-0.15, -0.1) is 16.4 Å². The van der Waals surface area contributed by atoms with E-state index in [0.717, 1.165) is 48.3 Å². The van der Waals surface area contributed by atoms with Crippen LogP contribution in [0.15, 0.2) is 34.5 Å². The van der Waals surface area contributed by atoms with E-state index in [-0.39, 0.29) is 11.7 Å². The standard InChI is InChI=1S/C22H23N7O2S2/c1-13(14-6-5-7-15(10-14)31-2)26-27-21-25-22(29-28-21)32-12-19(30)24-20-17(11-23)16-8-3-4-9-18(16)33-20/h5-7,10H,3-4,8-9,12H2,1-2H3,(H,24,30)(H2,25,27,28,29)/b26-13-. The summed E-state index contributed by atoms with van der Waals surface area (Å²) in [6.45, 7) is 1.87. The van der Waals surface area contributed by atoms with Crippen LogP contribution >= 0.6 is 23.1 Å². The Balaban J connectivity index is 1.31. The van der Waals surface area contributed by atoms with Crippen molar-refractivity contribution in [3.63, 3.8) is 0 Å². The monoisotopic (exact) mass is 481 g/mol. The van der Waals surface area contributed by atoms with Crippen molar-refractivity contribution in [1.29, 1.82) is 5.26 Å². The summed E-state index contributed by atoms with van der Waals surface area (Å²) in [7, 11) is 1.62. The Morgan fingerprint density at radius 1 is 1.39 bits per heavy atom. The number of aromatic amines is 1. The molecule has 0 atom stereocenters. The number of carbonyl (C=O) groups excluding carboxylic acids is 1. The molecule has 3 aromatic rings. The van der Waals surface area contributed by atoms with Crippen LogP contribution in [0.1, 0.15) is 41.3 Å². The number of nitrogens with zero attached hydrogens (tertiary/aromatic N) is 4. The number of hydrogen-bond acceptors (Lipinski definition) is 9. The van der Waals surface area contributed by atoms with Crippen molar-refractivity contribution in [3.05, 3.63) is 45.8 Å². The Hall–Kier alpha value is -3.36. The summed E-state index contributed by atoms with van der Waals surface area (Å²) < 4.78 is 5.23. The van der Waals surface area contributed by atoms with Gasteiger partial charge >= 0.3 is 0 Å². The van der Waals surface area contributed by atoms with E-state index in [9.17, 15) is 10.1 Å². The second-order valence-electron chi connectivity index (χ2n) is 7.37. The first-order valence-corrected chi connectivity index (χ1v) is 12.2. The van der Waals surface area contributed by atoms with Crippen molar-refractivity contribution in [3.8, 4) is 11.8 Å². The van der Waals surface area contributed by atoms with E-state index >= 15 is 0 Å². The molecule has 4 rings (SSSR count). The molecule has 0 saturated heterocycles. The van der Waals surface area contributed by atoms with Crippen LogP contribution in [-0.2, 0) is 17.6 Å². The van der Waals surface area contributed by atoms with Gasteiger partial charge in [0, 0.05) is 10.4 Å². The number of fused-ring (bicyclic) bond motifs is 1. The molecule has 2 aromatic heterocycles. The number of ether oxygens (including phenoxy) is 1. The van der Waals surface area contributed by atoms with Gasteiger partial charge in [0.2, 0.25) is 17.0 Å². The predicted octanol–water partition coefficient (Wildman–Crippen LogP) is 4.19. The molecule has 0 fully saturated rings. The minimum atomic E-state index is -0.193. The molecule has 0 bridgehead atoms. The molecule has 3 N–H and O–H groups in total. The Morgan fingerprint density at radius 2 is 2.24 bits per heavy atom. The number of H-pyrrole nitrogens is 1. The van der Waals surface area contributed by atoms with Crippen molar-refractivity contribution >= 4 is 45.7 Å². The summed E-state index contributed by atoms with van der Waals surface area (Å²) in [6, 6.07) is 9.85. The van der Waals surface area contributed by atoms with Crippen LogP contribution in [0.5, 0.6) is 5.75 Å². The van der Waals surface area contributed by atoms with Crippen LogP contribution in [-0.4, -0.2) is 39.7 Å². The number of rotatable bonds is 8. The average Bonchev–Trinajstić information content (AvgIpc) is 3.44. The molecule has 0 radical (unpaired) electrons. The van der Waals surface area contributed by atoms with Crippen LogP contribution in [0.25, 0.3) is 0 Å². The van der Waals surface area contributed by atoms with Crippen LogP contribution < -0.4 is 15.5 Å². The van der Waals surface area contributed by atoms with Gasteiger partial charge in [-0.1, -0.05) is 23.9 Å². The maximum atomic E-state index is 12.4. The van der Waals surface area contributed by atoms with E-state index < -0.39 is 0 Å². The first kappa shape index (κ1) is 22.8. The number of thioether (sulfide) groups is 1. The van der Waals surface area contributed by atoms with E-state index in [1.165, 1.54) is 28.0 Å². The fourth-order valence-corrected chi connectivity index (χ4v) is 5.33. The van der Waals surface area contributed by atoms with Crippen molar-refractivity contribution in [2.45, 2.75) is 37.8 Å². The van der Waals surface area contributed by atoms with Crippen LogP contribution in [0.3, 0.4) is 0 Å². The number of benzene rings is 1. The van der Waals surface area contributed by atoms with Crippen molar-refractivity contribution in [2.24, 2.45) is 5.10 Å². The van der Waals surface area contributed by atoms with Crippen LogP contribution in [0.4, 0.5) is 10.9 Å². The number of hydrazone groups is 1. The summed E-state index contributed by atoms with van der Waals surface area (Å²) in [5.74, 6) is 1.07. The van der Waals surface area contributed by atoms with Crippen molar-refractivity contribution in [2.75, 3.05) is 23.6 Å². The number of amides is 1. The summed E-state index contributed by atoms with van der Waals surface area (Å²) >= 11 is 2.72. The molecule has 0 aliphatic heterocycles. The fraction of sp³-hybridized carbons (Fsp3) is 0.318. The van der Waals surface area contributed by atoms with Gasteiger partial charge in [0.05, 0.1) is 24.1 Å². The number of thiophene rings is 1. The number of anilines is 2. The quantitative estimate of drug-likeness (QED) is 0.250. The maximum absolute atomic E-state index is 12.4. The van der Waals surface area contributed by atoms with Gasteiger partial charge in [-0.25, -0.2) is 10.5 Å². The fourth-order valence-electron chi connectivity index (χ4n) is 3.48. The minimum absolute atomic E-state index is 0.136. The zero-order valence-corrected chi connectivity index (χ0v) is 19.9. The Bertz CT molecular complexity index is 1230. The van der Waals surface area contributed by atoms with E-state index in [2.05, 4.69) is 37.1 Å². The molecule has 33 heavy (non-hydrogen) atoms. The third kappa shape index (κ3) is 5.53. The molecule has 170 valence electrons.